The molecule has 212 valence electrons. The molecule has 0 saturated carbocycles. The first kappa shape index (κ1) is 29.5. The highest BCUT2D eigenvalue weighted by Gasteiger charge is 2.46. The van der Waals surface area contributed by atoms with E-state index in [1.54, 1.807) is 12.1 Å². The van der Waals surface area contributed by atoms with E-state index in [4.69, 9.17) is 32.7 Å². The molecule has 2 aliphatic carbocycles. The van der Waals surface area contributed by atoms with Crippen LogP contribution in [0.3, 0.4) is 0 Å². The van der Waals surface area contributed by atoms with Crippen molar-refractivity contribution in [2.24, 2.45) is 10.8 Å². The van der Waals surface area contributed by atoms with Crippen molar-refractivity contribution in [3.8, 4) is 11.5 Å². The van der Waals surface area contributed by atoms with Crippen LogP contribution in [-0.4, -0.2) is 18.2 Å². The fraction of sp³-hybridized carbons (Fsp3) is 0.438. The first-order chi connectivity index (χ1) is 18.8. The highest BCUT2D eigenvalue weighted by Crippen LogP contribution is 2.52. The molecule has 0 aromatic heterocycles. The second kappa shape index (κ2) is 11.0. The van der Waals surface area contributed by atoms with Crippen LogP contribution in [-0.2, 0) is 16.2 Å². The van der Waals surface area contributed by atoms with Crippen LogP contribution in [0.2, 0.25) is 10.0 Å². The first-order valence-corrected chi connectivity index (χ1v) is 15.4. The summed E-state index contributed by atoms with van der Waals surface area (Å²) in [4.78, 5) is 27.4. The third-order valence-corrected chi connectivity index (χ3v) is 9.29. The van der Waals surface area contributed by atoms with E-state index >= 15 is 0 Å². The van der Waals surface area contributed by atoms with Gasteiger partial charge in [-0.3, -0.25) is 9.59 Å². The lowest BCUT2D eigenvalue weighted by atomic mass is 9.64. The number of ether oxygens (including phenoxy) is 2. The smallest absolute Gasteiger partial charge is 0.174 e. The number of ketones is 2. The third kappa shape index (κ3) is 5.82. The number of allylic oxidation sites excluding steroid dienone is 4. The number of nitrogens with one attached hydrogen (secondary N) is 1. The second-order valence-electron chi connectivity index (χ2n) is 12.5. The Morgan fingerprint density at radius 1 is 0.875 bits per heavy atom. The van der Waals surface area contributed by atoms with Crippen LogP contribution in [0.5, 0.6) is 11.5 Å². The molecule has 0 radical (unpaired) electrons. The normalized spacial score (nSPS) is 20.2. The monoisotopic (exact) mass is 693 g/mol. The number of carbonyl (C=O) groups excluding carboxylic acids is 2. The lowest BCUT2D eigenvalue weighted by Gasteiger charge is -2.44. The maximum atomic E-state index is 13.7. The lowest BCUT2D eigenvalue weighted by Crippen LogP contribution is -2.42. The van der Waals surface area contributed by atoms with Gasteiger partial charge < -0.3 is 14.8 Å². The number of hydrogen-bond donors (Lipinski definition) is 1. The van der Waals surface area contributed by atoms with Crippen molar-refractivity contribution in [2.75, 3.05) is 6.61 Å². The number of halogens is 3. The molecule has 0 atom stereocenters. The summed E-state index contributed by atoms with van der Waals surface area (Å²) < 4.78 is 13.2. The number of hydrogen-bond acceptors (Lipinski definition) is 5. The van der Waals surface area contributed by atoms with Crippen molar-refractivity contribution >= 4 is 57.4 Å². The second-order valence-corrected chi connectivity index (χ2v) is 14.5. The Morgan fingerprint density at radius 2 is 1.48 bits per heavy atom. The minimum atomic E-state index is -0.435. The highest BCUT2D eigenvalue weighted by atomic mass is 127. The van der Waals surface area contributed by atoms with Gasteiger partial charge in [0, 0.05) is 41.3 Å². The molecule has 0 saturated heterocycles. The molecule has 0 bridgehead atoms. The minimum absolute atomic E-state index is 0.0980. The topological polar surface area (TPSA) is 64.6 Å². The zero-order chi connectivity index (χ0) is 29.0. The predicted molar refractivity (Wildman–Crippen MR) is 167 cm³/mol. The summed E-state index contributed by atoms with van der Waals surface area (Å²) in [5.74, 6) is 0.957. The van der Waals surface area contributed by atoms with Crippen LogP contribution in [0, 0.1) is 14.4 Å². The molecule has 0 spiro atoms. The number of dihydropyridines is 1. The van der Waals surface area contributed by atoms with Crippen LogP contribution in [0.4, 0.5) is 0 Å². The summed E-state index contributed by atoms with van der Waals surface area (Å²) in [7, 11) is 0. The van der Waals surface area contributed by atoms with E-state index in [0.29, 0.717) is 52.1 Å². The van der Waals surface area contributed by atoms with Crippen LogP contribution >= 0.6 is 45.8 Å². The van der Waals surface area contributed by atoms with Crippen LogP contribution in [0.25, 0.3) is 0 Å². The van der Waals surface area contributed by atoms with Gasteiger partial charge in [-0.2, -0.15) is 0 Å². The quantitative estimate of drug-likeness (QED) is 0.307. The first-order valence-electron chi connectivity index (χ1n) is 13.6. The van der Waals surface area contributed by atoms with E-state index in [2.05, 4.69) is 55.6 Å². The molecule has 3 aliphatic rings. The van der Waals surface area contributed by atoms with E-state index in [9.17, 15) is 9.59 Å². The number of rotatable bonds is 6. The summed E-state index contributed by atoms with van der Waals surface area (Å²) >= 11 is 14.5. The summed E-state index contributed by atoms with van der Waals surface area (Å²) in [5, 5.41) is 4.54. The van der Waals surface area contributed by atoms with Gasteiger partial charge in [0.05, 0.1) is 20.2 Å². The van der Waals surface area contributed by atoms with Crippen molar-refractivity contribution in [3.63, 3.8) is 0 Å². The molecule has 5 rings (SSSR count). The summed E-state index contributed by atoms with van der Waals surface area (Å²) in [6.45, 7) is 11.2. The molecule has 2 aromatic rings. The largest absolute Gasteiger partial charge is 0.490 e. The Labute approximate surface area is 259 Å². The molecular weight excluding hydrogens is 660 g/mol. The minimum Gasteiger partial charge on any atom is -0.490 e. The molecule has 1 heterocycles. The molecule has 40 heavy (non-hydrogen) atoms. The fourth-order valence-corrected chi connectivity index (χ4v) is 7.27. The number of Topliss-reactive ketones (excluding diaryl/α,β-unsaturated/α-hetero) is 2. The molecule has 1 aliphatic heterocycles. The van der Waals surface area contributed by atoms with Gasteiger partial charge in [0.2, 0.25) is 0 Å². The lowest BCUT2D eigenvalue weighted by molar-refractivity contribution is -0.119. The Kier molecular flexibility index (Phi) is 8.10. The predicted octanol–water partition coefficient (Wildman–Crippen LogP) is 8.55. The van der Waals surface area contributed by atoms with Crippen molar-refractivity contribution in [1.82, 2.24) is 5.32 Å². The molecule has 1 N–H and O–H groups in total. The molecule has 2 aromatic carbocycles. The van der Waals surface area contributed by atoms with E-state index < -0.39 is 5.92 Å². The molecule has 0 amide bonds. The van der Waals surface area contributed by atoms with E-state index in [1.165, 1.54) is 0 Å². The zero-order valence-electron chi connectivity index (χ0n) is 23.5. The van der Waals surface area contributed by atoms with E-state index in [0.717, 1.165) is 38.9 Å². The maximum Gasteiger partial charge on any atom is 0.174 e. The molecule has 8 heteroatoms. The SMILES string of the molecule is CCOc1cc(C2C3=C(CC(C)(C)CC3=O)NC3=C2C(=O)CC(C)(C)C3)cc(I)c1OCc1ccc(Cl)c(Cl)c1. The van der Waals surface area contributed by atoms with Crippen molar-refractivity contribution in [1.29, 1.82) is 0 Å². The van der Waals surface area contributed by atoms with Gasteiger partial charge in [0.15, 0.2) is 23.1 Å². The van der Waals surface area contributed by atoms with Gasteiger partial charge in [0.25, 0.3) is 0 Å². The number of carbonyl (C=O) groups is 2. The van der Waals surface area contributed by atoms with Crippen LogP contribution in [0.1, 0.15) is 77.3 Å². The Bertz CT molecular complexity index is 1420. The Balaban J connectivity index is 1.60. The van der Waals surface area contributed by atoms with Crippen LogP contribution in [0.15, 0.2) is 52.9 Å². The molecule has 0 unspecified atom stereocenters. The van der Waals surface area contributed by atoms with Gasteiger partial charge in [-0.25, -0.2) is 0 Å². The highest BCUT2D eigenvalue weighted by molar-refractivity contribution is 14.1. The van der Waals surface area contributed by atoms with Crippen molar-refractivity contribution < 1.29 is 19.1 Å². The van der Waals surface area contributed by atoms with Crippen molar-refractivity contribution in [3.05, 3.63) is 77.6 Å². The average molecular weight is 694 g/mol. The molecular formula is C32H34Cl2INO4. The van der Waals surface area contributed by atoms with Gasteiger partial charge in [-0.1, -0.05) is 57.0 Å². The van der Waals surface area contributed by atoms with Gasteiger partial charge >= 0.3 is 0 Å². The summed E-state index contributed by atoms with van der Waals surface area (Å²) in [6, 6.07) is 9.38. The standard InChI is InChI=1S/C32H34Cl2INO4/c1-6-39-26-11-18(10-21(35)30(26)40-16-17-7-8-19(33)20(34)9-17)27-28-22(12-31(2,3)14-24(28)37)36-23-13-32(4,5)15-25(38)29(23)27/h7-11,27,36H,6,12-16H2,1-5H3. The molecule has 5 nitrogen and oxygen atoms in total. The number of benzene rings is 2. The van der Waals surface area contributed by atoms with Gasteiger partial charge in [-0.15, -0.1) is 0 Å². The Hall–Kier alpha value is -2.03. The third-order valence-electron chi connectivity index (χ3n) is 7.75. The maximum absolute atomic E-state index is 13.7. The van der Waals surface area contributed by atoms with Gasteiger partial charge in [-0.05, 0) is 88.6 Å². The van der Waals surface area contributed by atoms with Crippen molar-refractivity contribution in [2.45, 2.75) is 72.8 Å². The summed E-state index contributed by atoms with van der Waals surface area (Å²) in [5.41, 5.74) is 4.79. The fourth-order valence-electron chi connectivity index (χ4n) is 6.16. The summed E-state index contributed by atoms with van der Waals surface area (Å²) in [6.07, 6.45) is 2.42. The van der Waals surface area contributed by atoms with E-state index in [-0.39, 0.29) is 29.0 Å². The molecule has 0 fully saturated rings. The Morgan fingerprint density at radius 3 is 2.02 bits per heavy atom. The zero-order valence-corrected chi connectivity index (χ0v) is 27.1. The van der Waals surface area contributed by atoms with Gasteiger partial charge in [0.1, 0.15) is 6.61 Å². The van der Waals surface area contributed by atoms with E-state index in [1.807, 2.05) is 25.1 Å². The van der Waals surface area contributed by atoms with Crippen LogP contribution < -0.4 is 14.8 Å². The average Bonchev–Trinajstić information content (AvgIpc) is 2.82.